The van der Waals surface area contributed by atoms with Crippen LogP contribution in [0.2, 0.25) is 25.7 Å². The molecule has 1 aliphatic rings. The number of unbranched alkanes of at least 4 members (excludes halogenated alkanes) is 1. The Morgan fingerprint density at radius 3 is 2.42 bits per heavy atom. The lowest BCUT2D eigenvalue weighted by atomic mass is 9.89. The van der Waals surface area contributed by atoms with Crippen LogP contribution in [0.25, 0.3) is 5.57 Å². The first-order valence-corrected chi connectivity index (χ1v) is 15.0. The van der Waals surface area contributed by atoms with Crippen LogP contribution < -0.4 is 18.9 Å². The van der Waals surface area contributed by atoms with Crippen molar-refractivity contribution in [2.75, 3.05) is 27.6 Å². The van der Waals surface area contributed by atoms with Gasteiger partial charge in [-0.3, -0.25) is 4.79 Å². The molecule has 0 spiro atoms. The first-order valence-electron chi connectivity index (χ1n) is 11.3. The summed E-state index contributed by atoms with van der Waals surface area (Å²) >= 11 is 0. The van der Waals surface area contributed by atoms with Crippen LogP contribution in [0.15, 0.2) is 30.3 Å². The van der Waals surface area contributed by atoms with Crippen LogP contribution in [0, 0.1) is 0 Å². The van der Waals surface area contributed by atoms with E-state index in [4.69, 9.17) is 23.7 Å². The van der Waals surface area contributed by atoms with Crippen LogP contribution in [0.3, 0.4) is 0 Å². The predicted molar refractivity (Wildman–Crippen MR) is 133 cm³/mol. The van der Waals surface area contributed by atoms with Crippen LogP contribution in [0.4, 0.5) is 0 Å². The summed E-state index contributed by atoms with van der Waals surface area (Å²) in [6.07, 6.45) is 4.73. The number of methoxy groups -OCH3 is 2. The molecule has 1 heterocycles. The first-order chi connectivity index (χ1) is 15.8. The minimum absolute atomic E-state index is 0.0518. The monoisotopic (exact) mass is 470 g/mol. The third-order valence-electron chi connectivity index (χ3n) is 5.47. The number of fused-ring (bicyclic) bond motifs is 2. The van der Waals surface area contributed by atoms with Crippen molar-refractivity contribution in [1.29, 1.82) is 0 Å². The van der Waals surface area contributed by atoms with Crippen molar-refractivity contribution in [3.8, 4) is 28.7 Å². The number of hydrogen-bond donors (Lipinski definition) is 0. The van der Waals surface area contributed by atoms with Crippen molar-refractivity contribution >= 4 is 19.9 Å². The van der Waals surface area contributed by atoms with Gasteiger partial charge in [0.2, 0.25) is 0 Å². The highest BCUT2D eigenvalue weighted by molar-refractivity contribution is 6.76. The Morgan fingerprint density at radius 2 is 1.79 bits per heavy atom. The summed E-state index contributed by atoms with van der Waals surface area (Å²) in [5, 5.41) is 0. The molecule has 0 radical (unpaired) electrons. The molecule has 0 atom stereocenters. The van der Waals surface area contributed by atoms with Crippen LogP contribution in [-0.4, -0.2) is 42.0 Å². The molecule has 0 bridgehead atoms. The van der Waals surface area contributed by atoms with Crippen molar-refractivity contribution in [2.45, 2.75) is 45.5 Å². The quantitative estimate of drug-likeness (QED) is 0.137. The molecule has 0 saturated carbocycles. The van der Waals surface area contributed by atoms with E-state index < -0.39 is 8.07 Å². The highest BCUT2D eigenvalue weighted by Crippen LogP contribution is 2.53. The molecule has 2 aromatic carbocycles. The fraction of sp³-hybridized carbons (Fsp3) is 0.423. The number of allylic oxidation sites excluding steroid dienone is 1. The maximum atomic E-state index is 12.2. The third-order valence-corrected chi connectivity index (χ3v) is 7.18. The van der Waals surface area contributed by atoms with Gasteiger partial charge in [-0.05, 0) is 30.2 Å². The molecule has 178 valence electrons. The Balaban J connectivity index is 2.03. The van der Waals surface area contributed by atoms with E-state index in [-0.39, 0.29) is 6.79 Å². The molecular formula is C26H34O6Si. The zero-order valence-electron chi connectivity index (χ0n) is 20.4. The van der Waals surface area contributed by atoms with Crippen LogP contribution >= 0.6 is 0 Å². The number of carbonyl (C=O) groups excluding carboxylic acids is 1. The molecule has 0 aliphatic carbocycles. The standard InChI is InChI=1S/C26H34O6Si/c1-7-8-10-18-24-20(28-2)11-9-12-21(24)32-26-19(16-27)22(15-23(29-3)25(18)26)31-17-30-13-14-33(4,5)6/h9-12,15-16H,7-8,13-14,17H2,1-6H3/b18-10+. The number of aldehydes is 1. The fourth-order valence-corrected chi connectivity index (χ4v) is 4.44. The van der Waals surface area contributed by atoms with Gasteiger partial charge >= 0.3 is 0 Å². The Bertz CT molecular complexity index is 1020. The lowest BCUT2D eigenvalue weighted by Gasteiger charge is -2.28. The normalized spacial score (nSPS) is 13.7. The van der Waals surface area contributed by atoms with Crippen molar-refractivity contribution in [2.24, 2.45) is 0 Å². The van der Waals surface area contributed by atoms with E-state index in [2.05, 4.69) is 32.6 Å². The van der Waals surface area contributed by atoms with E-state index in [1.165, 1.54) is 0 Å². The average molecular weight is 471 g/mol. The predicted octanol–water partition coefficient (Wildman–Crippen LogP) is 6.54. The highest BCUT2D eigenvalue weighted by Gasteiger charge is 2.32. The minimum atomic E-state index is -1.19. The lowest BCUT2D eigenvalue weighted by Crippen LogP contribution is -2.22. The molecule has 3 rings (SSSR count). The SMILES string of the molecule is CCC/C=C1\c2c(OC)cccc2Oc2c(C=O)c(OCOCC[Si](C)(C)C)cc(OC)c21. The van der Waals surface area contributed by atoms with Gasteiger partial charge in [-0.1, -0.05) is 45.1 Å². The Hall–Kier alpha value is -2.77. The number of rotatable bonds is 11. The van der Waals surface area contributed by atoms with Crippen molar-refractivity contribution < 1.29 is 28.5 Å². The Kier molecular flexibility index (Phi) is 8.21. The molecule has 1 aliphatic heterocycles. The van der Waals surface area contributed by atoms with Gasteiger partial charge in [-0.2, -0.15) is 0 Å². The van der Waals surface area contributed by atoms with Gasteiger partial charge < -0.3 is 23.7 Å². The number of carbonyl (C=O) groups is 1. The Morgan fingerprint density at radius 1 is 1.03 bits per heavy atom. The molecule has 0 N–H and O–H groups in total. The van der Waals surface area contributed by atoms with Gasteiger partial charge in [-0.15, -0.1) is 0 Å². The molecule has 0 amide bonds. The van der Waals surface area contributed by atoms with Crippen molar-refractivity contribution in [3.63, 3.8) is 0 Å². The number of benzene rings is 2. The number of hydrogen-bond acceptors (Lipinski definition) is 6. The van der Waals surface area contributed by atoms with Gasteiger partial charge in [0.15, 0.2) is 18.8 Å². The van der Waals surface area contributed by atoms with Gasteiger partial charge in [0.1, 0.15) is 28.6 Å². The molecule has 33 heavy (non-hydrogen) atoms. The van der Waals surface area contributed by atoms with Gasteiger partial charge in [-0.25, -0.2) is 0 Å². The summed E-state index contributed by atoms with van der Waals surface area (Å²) in [7, 11) is 2.04. The van der Waals surface area contributed by atoms with Gasteiger partial charge in [0, 0.05) is 20.7 Å². The largest absolute Gasteiger partial charge is 0.496 e. The summed E-state index contributed by atoms with van der Waals surface area (Å²) in [6, 6.07) is 8.40. The number of ether oxygens (including phenoxy) is 5. The molecule has 0 aromatic heterocycles. The van der Waals surface area contributed by atoms with Crippen molar-refractivity contribution in [3.05, 3.63) is 47.0 Å². The molecule has 6 nitrogen and oxygen atoms in total. The summed E-state index contributed by atoms with van der Waals surface area (Å²) in [5.74, 6) is 2.68. The second kappa shape index (κ2) is 10.9. The summed E-state index contributed by atoms with van der Waals surface area (Å²) in [4.78, 5) is 12.2. The van der Waals surface area contributed by atoms with Crippen LogP contribution in [0.1, 0.15) is 41.3 Å². The smallest absolute Gasteiger partial charge is 0.189 e. The van der Waals surface area contributed by atoms with E-state index in [1.807, 2.05) is 18.2 Å². The molecule has 0 unspecified atom stereocenters. The van der Waals surface area contributed by atoms with Crippen LogP contribution in [0.5, 0.6) is 28.7 Å². The molecule has 7 heteroatoms. The second-order valence-electron chi connectivity index (χ2n) is 9.14. The second-order valence-corrected chi connectivity index (χ2v) is 14.8. The summed E-state index contributed by atoms with van der Waals surface area (Å²) in [5.41, 5.74) is 2.82. The average Bonchev–Trinajstić information content (AvgIpc) is 2.79. The van der Waals surface area contributed by atoms with Crippen molar-refractivity contribution in [1.82, 2.24) is 0 Å². The first kappa shape index (κ1) is 24.9. The van der Waals surface area contributed by atoms with E-state index in [1.54, 1.807) is 20.3 Å². The molecular weight excluding hydrogens is 436 g/mol. The fourth-order valence-electron chi connectivity index (χ4n) is 3.68. The maximum absolute atomic E-state index is 12.2. The highest BCUT2D eigenvalue weighted by atomic mass is 28.3. The Labute approximate surface area is 197 Å². The zero-order chi connectivity index (χ0) is 24.0. The topological polar surface area (TPSA) is 63.2 Å². The molecule has 0 fully saturated rings. The maximum Gasteiger partial charge on any atom is 0.189 e. The van der Waals surface area contributed by atoms with Gasteiger partial charge in [0.25, 0.3) is 0 Å². The third kappa shape index (κ3) is 5.60. The van der Waals surface area contributed by atoms with E-state index >= 15 is 0 Å². The van der Waals surface area contributed by atoms with E-state index in [0.29, 0.717) is 40.9 Å². The summed E-state index contributed by atoms with van der Waals surface area (Å²) in [6.45, 7) is 9.68. The molecule has 2 aromatic rings. The summed E-state index contributed by atoms with van der Waals surface area (Å²) < 4.78 is 29.1. The minimum Gasteiger partial charge on any atom is -0.496 e. The van der Waals surface area contributed by atoms with E-state index in [0.717, 1.165) is 41.9 Å². The molecule has 0 saturated heterocycles. The van der Waals surface area contributed by atoms with Gasteiger partial charge in [0.05, 0.1) is 25.3 Å². The zero-order valence-corrected chi connectivity index (χ0v) is 21.4. The lowest BCUT2D eigenvalue weighted by molar-refractivity contribution is 0.0215. The van der Waals surface area contributed by atoms with Crippen LogP contribution in [-0.2, 0) is 4.74 Å². The van der Waals surface area contributed by atoms with E-state index in [9.17, 15) is 4.79 Å².